The van der Waals surface area contributed by atoms with Crippen LogP contribution in [0.2, 0.25) is 0 Å². The van der Waals surface area contributed by atoms with Crippen LogP contribution in [0.4, 0.5) is 0 Å². The summed E-state index contributed by atoms with van der Waals surface area (Å²) in [5.74, 6) is 3.36. The molecule has 0 aromatic heterocycles. The Morgan fingerprint density at radius 3 is 2.30 bits per heavy atom. The van der Waals surface area contributed by atoms with E-state index in [1.807, 2.05) is 6.07 Å². The van der Waals surface area contributed by atoms with Crippen molar-refractivity contribution in [2.24, 2.45) is 0 Å². The smallest absolute Gasteiger partial charge is 0.164 e. The van der Waals surface area contributed by atoms with Crippen molar-refractivity contribution in [3.63, 3.8) is 0 Å². The first kappa shape index (κ1) is 29.1. The normalized spacial score (nSPS) is 14.9. The topological polar surface area (TPSA) is 52.2 Å². The Balaban J connectivity index is 1.34. The van der Waals surface area contributed by atoms with Crippen LogP contribution in [0.3, 0.4) is 0 Å². The molecule has 0 saturated heterocycles. The lowest BCUT2D eigenvalue weighted by Crippen LogP contribution is -2.40. The average molecular weight is 513 g/mol. The third-order valence-corrected chi connectivity index (χ3v) is 7.54. The molecule has 0 fully saturated rings. The van der Waals surface area contributed by atoms with Gasteiger partial charge in [-0.3, -0.25) is 0 Å². The van der Waals surface area contributed by atoms with E-state index in [0.717, 1.165) is 55.4 Å². The Labute approximate surface area is 224 Å². The number of ether oxygens (including phenoxy) is 4. The molecule has 0 spiro atoms. The van der Waals surface area contributed by atoms with Crippen molar-refractivity contribution in [1.82, 2.24) is 10.2 Å². The van der Waals surface area contributed by atoms with Crippen molar-refractivity contribution in [3.8, 4) is 23.0 Å². The summed E-state index contributed by atoms with van der Waals surface area (Å²) in [5.41, 5.74) is 4.03. The minimum atomic E-state index is 0.629. The maximum Gasteiger partial charge on any atom is 0.164 e. The van der Waals surface area contributed by atoms with Crippen LogP contribution in [0, 0.1) is 0 Å². The SMILES string of the molecule is CCCN(CCCCCCNCCc1ccc(OC)c(OC)c1)[C@H]1CCc2c(ccc(OC)c2OC)C1. The fourth-order valence-electron chi connectivity index (χ4n) is 5.55. The Morgan fingerprint density at radius 2 is 1.57 bits per heavy atom. The van der Waals surface area contributed by atoms with Gasteiger partial charge in [-0.1, -0.05) is 31.9 Å². The van der Waals surface area contributed by atoms with Gasteiger partial charge < -0.3 is 29.2 Å². The van der Waals surface area contributed by atoms with Crippen LogP contribution in [0.5, 0.6) is 23.0 Å². The zero-order valence-electron chi connectivity index (χ0n) is 23.7. The first-order valence-corrected chi connectivity index (χ1v) is 14.0. The van der Waals surface area contributed by atoms with E-state index in [4.69, 9.17) is 18.9 Å². The van der Waals surface area contributed by atoms with E-state index in [1.54, 1.807) is 28.4 Å². The molecule has 3 rings (SSSR count). The average Bonchev–Trinajstić information content (AvgIpc) is 2.94. The van der Waals surface area contributed by atoms with Crippen molar-refractivity contribution >= 4 is 0 Å². The minimum Gasteiger partial charge on any atom is -0.493 e. The molecule has 0 amide bonds. The molecule has 0 bridgehead atoms. The predicted molar refractivity (Wildman–Crippen MR) is 152 cm³/mol. The van der Waals surface area contributed by atoms with Crippen LogP contribution in [0.1, 0.15) is 62.1 Å². The molecule has 0 saturated carbocycles. The van der Waals surface area contributed by atoms with Gasteiger partial charge in [0, 0.05) is 11.6 Å². The monoisotopic (exact) mass is 512 g/mol. The second kappa shape index (κ2) is 15.7. The summed E-state index contributed by atoms with van der Waals surface area (Å²) in [7, 11) is 6.83. The molecule has 0 radical (unpaired) electrons. The lowest BCUT2D eigenvalue weighted by Gasteiger charge is -2.36. The summed E-state index contributed by atoms with van der Waals surface area (Å²) in [6.45, 7) is 6.75. The Kier molecular flexibility index (Phi) is 12.4. The Hall–Kier alpha value is -2.44. The van der Waals surface area contributed by atoms with E-state index in [9.17, 15) is 0 Å². The van der Waals surface area contributed by atoms with Crippen LogP contribution in [0.15, 0.2) is 30.3 Å². The van der Waals surface area contributed by atoms with Gasteiger partial charge in [-0.2, -0.15) is 0 Å². The van der Waals surface area contributed by atoms with Crippen molar-refractivity contribution < 1.29 is 18.9 Å². The molecule has 1 aliphatic carbocycles. The van der Waals surface area contributed by atoms with Crippen molar-refractivity contribution in [3.05, 3.63) is 47.0 Å². The number of nitrogens with zero attached hydrogens (tertiary/aromatic N) is 1. The van der Waals surface area contributed by atoms with Gasteiger partial charge in [0.1, 0.15) is 0 Å². The van der Waals surface area contributed by atoms with E-state index in [2.05, 4.69) is 41.4 Å². The number of nitrogens with one attached hydrogen (secondary N) is 1. The van der Waals surface area contributed by atoms with E-state index in [0.29, 0.717) is 6.04 Å². The number of unbranched alkanes of at least 4 members (excludes halogenated alkanes) is 3. The van der Waals surface area contributed by atoms with Crippen LogP contribution < -0.4 is 24.3 Å². The lowest BCUT2D eigenvalue weighted by molar-refractivity contribution is 0.175. The number of rotatable bonds is 17. The summed E-state index contributed by atoms with van der Waals surface area (Å²) < 4.78 is 21.9. The predicted octanol–water partition coefficient (Wildman–Crippen LogP) is 5.68. The van der Waals surface area contributed by atoms with Gasteiger partial charge in [-0.15, -0.1) is 0 Å². The third kappa shape index (κ3) is 8.27. The molecule has 0 heterocycles. The first-order valence-electron chi connectivity index (χ1n) is 14.0. The van der Waals surface area contributed by atoms with E-state index >= 15 is 0 Å². The van der Waals surface area contributed by atoms with Gasteiger partial charge in [0.05, 0.1) is 28.4 Å². The quantitative estimate of drug-likeness (QED) is 0.275. The highest BCUT2D eigenvalue weighted by molar-refractivity contribution is 5.52. The summed E-state index contributed by atoms with van der Waals surface area (Å²) >= 11 is 0. The number of methoxy groups -OCH3 is 4. The molecule has 206 valence electrons. The second-order valence-corrected chi connectivity index (χ2v) is 9.97. The third-order valence-electron chi connectivity index (χ3n) is 7.54. The fourth-order valence-corrected chi connectivity index (χ4v) is 5.55. The highest BCUT2D eigenvalue weighted by atomic mass is 16.5. The summed E-state index contributed by atoms with van der Waals surface area (Å²) in [6, 6.07) is 11.1. The first-order chi connectivity index (χ1) is 18.1. The number of hydrogen-bond donors (Lipinski definition) is 1. The number of fused-ring (bicyclic) bond motifs is 1. The van der Waals surface area contributed by atoms with Gasteiger partial charge in [0.25, 0.3) is 0 Å². The highest BCUT2D eigenvalue weighted by Crippen LogP contribution is 2.38. The van der Waals surface area contributed by atoms with Gasteiger partial charge in [0.2, 0.25) is 0 Å². The lowest BCUT2D eigenvalue weighted by atomic mass is 9.86. The molecule has 1 aliphatic rings. The van der Waals surface area contributed by atoms with Gasteiger partial charge in [-0.05, 0) is 100 Å². The Bertz CT molecular complexity index is 949. The molecule has 6 nitrogen and oxygen atoms in total. The van der Waals surface area contributed by atoms with E-state index < -0.39 is 0 Å². The van der Waals surface area contributed by atoms with Crippen LogP contribution in [-0.2, 0) is 19.3 Å². The summed E-state index contributed by atoms with van der Waals surface area (Å²) in [4.78, 5) is 2.74. The van der Waals surface area contributed by atoms with Crippen molar-refractivity contribution in [2.75, 3.05) is 54.6 Å². The maximum absolute atomic E-state index is 5.69. The van der Waals surface area contributed by atoms with E-state index in [1.165, 1.54) is 68.3 Å². The zero-order valence-corrected chi connectivity index (χ0v) is 23.7. The number of benzene rings is 2. The van der Waals surface area contributed by atoms with Crippen LogP contribution in [0.25, 0.3) is 0 Å². The van der Waals surface area contributed by atoms with Crippen molar-refractivity contribution in [2.45, 2.75) is 70.8 Å². The Morgan fingerprint density at radius 1 is 0.811 bits per heavy atom. The maximum atomic E-state index is 5.69. The van der Waals surface area contributed by atoms with Gasteiger partial charge in [-0.25, -0.2) is 0 Å². The molecule has 6 heteroatoms. The molecule has 1 N–H and O–H groups in total. The molecule has 0 unspecified atom stereocenters. The minimum absolute atomic E-state index is 0.629. The fraction of sp³-hybridized carbons (Fsp3) is 0.613. The second-order valence-electron chi connectivity index (χ2n) is 9.97. The highest BCUT2D eigenvalue weighted by Gasteiger charge is 2.27. The zero-order chi connectivity index (χ0) is 26.5. The largest absolute Gasteiger partial charge is 0.493 e. The van der Waals surface area contributed by atoms with Crippen LogP contribution >= 0.6 is 0 Å². The molecule has 2 aromatic carbocycles. The molecule has 2 aromatic rings. The molecule has 1 atom stereocenters. The van der Waals surface area contributed by atoms with Crippen LogP contribution in [-0.4, -0.2) is 65.6 Å². The molecular weight excluding hydrogens is 464 g/mol. The van der Waals surface area contributed by atoms with E-state index in [-0.39, 0.29) is 0 Å². The van der Waals surface area contributed by atoms with Crippen molar-refractivity contribution in [1.29, 1.82) is 0 Å². The summed E-state index contributed by atoms with van der Waals surface area (Å²) in [6.07, 6.45) is 10.7. The standard InChI is InChI=1S/C31H48N2O4/c1-6-20-33(26-13-14-27-25(23-26)12-16-29(35-3)31(27)37-5)21-10-8-7-9-18-32-19-17-24-11-15-28(34-2)30(22-24)36-4/h11-12,15-16,22,26,32H,6-10,13-14,17-21,23H2,1-5H3/t26-/m0/s1. The molecule has 0 aliphatic heterocycles. The number of hydrogen-bond acceptors (Lipinski definition) is 6. The van der Waals surface area contributed by atoms with Gasteiger partial charge in [0.15, 0.2) is 23.0 Å². The van der Waals surface area contributed by atoms with Gasteiger partial charge >= 0.3 is 0 Å². The molecular formula is C31H48N2O4. The summed E-state index contributed by atoms with van der Waals surface area (Å²) in [5, 5.41) is 3.60. The molecule has 37 heavy (non-hydrogen) atoms.